The van der Waals surface area contributed by atoms with Crippen molar-refractivity contribution in [2.24, 2.45) is 0 Å². The molecule has 0 unspecified atom stereocenters. The molecule has 0 aliphatic rings. The monoisotopic (exact) mass is 130 g/mol. The molecule has 0 saturated heterocycles. The number of hydrogen-bond donors (Lipinski definition) is 0. The lowest BCUT2D eigenvalue weighted by Gasteiger charge is -1.74. The number of carbonyl (C=O) groups excluding carboxylic acids is 1. The lowest BCUT2D eigenvalue weighted by atomic mass is 10.9. The summed E-state index contributed by atoms with van der Waals surface area (Å²) in [7, 11) is 0. The fourth-order valence-electron chi connectivity index (χ4n) is 0. The van der Waals surface area contributed by atoms with E-state index >= 15 is 0 Å². The van der Waals surface area contributed by atoms with Gasteiger partial charge in [-0.05, 0) is 0 Å². The number of hydrogen-bond acceptors (Lipinski definition) is 2. The molecular formula is C2H4Cl2O2. The van der Waals surface area contributed by atoms with Crippen molar-refractivity contribution in [2.75, 3.05) is 0 Å². The third-order valence-corrected chi connectivity index (χ3v) is 0.326. The minimum absolute atomic E-state index is 0. The lowest BCUT2D eigenvalue weighted by Crippen LogP contribution is -1.82. The molecule has 0 bridgehead atoms. The van der Waals surface area contributed by atoms with E-state index in [4.69, 9.17) is 0 Å². The van der Waals surface area contributed by atoms with Crippen LogP contribution in [0.1, 0.15) is 6.92 Å². The summed E-state index contributed by atoms with van der Waals surface area (Å²) in [6.45, 7) is 1.23. The van der Waals surface area contributed by atoms with Gasteiger partial charge in [-0.2, -0.15) is 0 Å². The maximum Gasteiger partial charge on any atom is 0.321 e. The van der Waals surface area contributed by atoms with Crippen molar-refractivity contribution in [1.29, 1.82) is 0 Å². The van der Waals surface area contributed by atoms with Crippen LogP contribution < -0.4 is 0 Å². The molecular weight excluding hydrogens is 127 g/mol. The summed E-state index contributed by atoms with van der Waals surface area (Å²) in [5, 5.41) is 0. The van der Waals surface area contributed by atoms with Crippen molar-refractivity contribution in [1.82, 2.24) is 0 Å². The van der Waals surface area contributed by atoms with Gasteiger partial charge in [0.25, 0.3) is 0 Å². The summed E-state index contributed by atoms with van der Waals surface area (Å²) in [5.41, 5.74) is 0. The van der Waals surface area contributed by atoms with Crippen LogP contribution in [-0.2, 0) is 9.08 Å². The molecule has 0 heterocycles. The van der Waals surface area contributed by atoms with Gasteiger partial charge in [0.1, 0.15) is 11.9 Å². The smallest absolute Gasteiger partial charge is 0.321 e. The van der Waals surface area contributed by atoms with Crippen LogP contribution in [-0.4, -0.2) is 5.97 Å². The second-order valence-corrected chi connectivity index (χ2v) is 0.723. The zero-order valence-electron chi connectivity index (χ0n) is 3.10. The van der Waals surface area contributed by atoms with Gasteiger partial charge in [-0.25, -0.2) is 0 Å². The number of halogens is 2. The van der Waals surface area contributed by atoms with Crippen molar-refractivity contribution in [3.8, 4) is 0 Å². The van der Waals surface area contributed by atoms with Gasteiger partial charge < -0.3 is 4.29 Å². The van der Waals surface area contributed by atoms with Gasteiger partial charge in [0.05, 0.1) is 0 Å². The average molecular weight is 131 g/mol. The molecule has 0 spiro atoms. The van der Waals surface area contributed by atoms with Gasteiger partial charge in [0.2, 0.25) is 0 Å². The molecule has 0 atom stereocenters. The first-order valence-electron chi connectivity index (χ1n) is 1.06. The zero-order chi connectivity index (χ0) is 4.28. The summed E-state index contributed by atoms with van der Waals surface area (Å²) in [5.74, 6) is -0.480. The van der Waals surface area contributed by atoms with E-state index in [0.29, 0.717) is 0 Å². The van der Waals surface area contributed by atoms with E-state index < -0.39 is 5.97 Å². The van der Waals surface area contributed by atoms with E-state index in [1.54, 1.807) is 0 Å². The van der Waals surface area contributed by atoms with Gasteiger partial charge in [-0.3, -0.25) is 4.79 Å². The molecule has 4 heteroatoms. The Morgan fingerprint density at radius 1 is 1.83 bits per heavy atom. The van der Waals surface area contributed by atoms with E-state index in [1.807, 2.05) is 0 Å². The Labute approximate surface area is 47.0 Å². The third kappa shape index (κ3) is 8.96. The molecule has 0 N–H and O–H groups in total. The topological polar surface area (TPSA) is 26.3 Å². The summed E-state index contributed by atoms with van der Waals surface area (Å²) in [6.07, 6.45) is 0. The van der Waals surface area contributed by atoms with Crippen LogP contribution in [0.5, 0.6) is 0 Å². The first-order chi connectivity index (χ1) is 2.27. The maximum absolute atomic E-state index is 9.46. The second kappa shape index (κ2) is 5.05. The van der Waals surface area contributed by atoms with Gasteiger partial charge in [-0.1, -0.05) is 0 Å². The summed E-state index contributed by atoms with van der Waals surface area (Å²) < 4.78 is 3.58. The molecule has 0 aromatic heterocycles. The summed E-state index contributed by atoms with van der Waals surface area (Å²) in [4.78, 5) is 9.46. The molecule has 0 saturated carbocycles. The quantitative estimate of drug-likeness (QED) is 0.492. The predicted octanol–water partition coefficient (Wildman–Crippen LogP) is 1.13. The Hall–Kier alpha value is 0.0500. The Morgan fingerprint density at radius 3 is 2.00 bits per heavy atom. The lowest BCUT2D eigenvalue weighted by molar-refractivity contribution is -0.131. The van der Waals surface area contributed by atoms with Crippen molar-refractivity contribution in [3.63, 3.8) is 0 Å². The largest absolute Gasteiger partial charge is 0.348 e. The van der Waals surface area contributed by atoms with Crippen LogP contribution in [0, 0.1) is 0 Å². The summed E-state index contributed by atoms with van der Waals surface area (Å²) >= 11 is 4.49. The van der Waals surface area contributed by atoms with Gasteiger partial charge >= 0.3 is 5.97 Å². The molecule has 38 valence electrons. The zero-order valence-corrected chi connectivity index (χ0v) is 4.68. The molecule has 2 nitrogen and oxygen atoms in total. The molecule has 0 aromatic rings. The number of carbonyl (C=O) groups is 1. The molecule has 0 radical (unpaired) electrons. The molecule has 0 amide bonds. The van der Waals surface area contributed by atoms with Gasteiger partial charge in [0.15, 0.2) is 0 Å². The molecule has 0 aliphatic carbocycles. The third-order valence-electron chi connectivity index (χ3n) is 0.109. The van der Waals surface area contributed by atoms with Crippen molar-refractivity contribution >= 4 is 30.2 Å². The van der Waals surface area contributed by atoms with Gasteiger partial charge in [-0.15, -0.1) is 12.4 Å². The highest BCUT2D eigenvalue weighted by Gasteiger charge is 1.79. The van der Waals surface area contributed by atoms with Crippen molar-refractivity contribution < 1.29 is 9.08 Å². The highest BCUT2D eigenvalue weighted by Crippen LogP contribution is 1.75. The highest BCUT2D eigenvalue weighted by molar-refractivity contribution is 6.12. The molecule has 0 aromatic carbocycles. The van der Waals surface area contributed by atoms with Gasteiger partial charge in [0, 0.05) is 6.92 Å². The second-order valence-electron chi connectivity index (χ2n) is 0.569. The maximum atomic E-state index is 9.46. The van der Waals surface area contributed by atoms with Crippen LogP contribution >= 0.6 is 24.3 Å². The molecule has 0 rings (SSSR count). The normalized spacial score (nSPS) is 5.67. The molecule has 0 fully saturated rings. The Morgan fingerprint density at radius 2 is 2.00 bits per heavy atom. The van der Waals surface area contributed by atoms with E-state index in [9.17, 15) is 4.79 Å². The molecule has 6 heavy (non-hydrogen) atoms. The fraction of sp³-hybridized carbons (Fsp3) is 0.500. The van der Waals surface area contributed by atoms with Crippen LogP contribution in [0.3, 0.4) is 0 Å². The predicted molar refractivity (Wildman–Crippen MR) is 24.9 cm³/mol. The minimum atomic E-state index is -0.480. The molecule has 0 aliphatic heterocycles. The average Bonchev–Trinajstić information content (AvgIpc) is 1.38. The first kappa shape index (κ1) is 9.41. The first-order valence-corrected chi connectivity index (χ1v) is 1.37. The standard InChI is InChI=1S/C2H3ClO2.ClH/c1-2(4)5-3;/h1H3;1H. The number of rotatable bonds is 0. The highest BCUT2D eigenvalue weighted by atomic mass is 35.5. The minimum Gasteiger partial charge on any atom is -0.348 e. The van der Waals surface area contributed by atoms with Crippen LogP contribution in [0.25, 0.3) is 0 Å². The Bertz CT molecular complexity index is 44.8. The Balaban J connectivity index is 0. The van der Waals surface area contributed by atoms with E-state index in [0.717, 1.165) is 0 Å². The van der Waals surface area contributed by atoms with Crippen molar-refractivity contribution in [2.45, 2.75) is 6.92 Å². The SMILES string of the molecule is CC(=O)OCl.Cl. The van der Waals surface area contributed by atoms with E-state index in [-0.39, 0.29) is 12.4 Å². The van der Waals surface area contributed by atoms with Crippen LogP contribution in [0.2, 0.25) is 0 Å². The summed E-state index contributed by atoms with van der Waals surface area (Å²) in [6, 6.07) is 0. The van der Waals surface area contributed by atoms with Crippen LogP contribution in [0.4, 0.5) is 0 Å². The van der Waals surface area contributed by atoms with Crippen molar-refractivity contribution in [3.05, 3.63) is 0 Å². The Kier molecular flexibility index (Phi) is 7.92. The van der Waals surface area contributed by atoms with Crippen LogP contribution in [0.15, 0.2) is 0 Å². The van der Waals surface area contributed by atoms with E-state index in [1.165, 1.54) is 6.92 Å². The van der Waals surface area contributed by atoms with E-state index in [2.05, 4.69) is 16.2 Å². The fourth-order valence-corrected chi connectivity index (χ4v) is 0.